The zero-order valence-corrected chi connectivity index (χ0v) is 21.2. The number of fused-ring (bicyclic) bond motifs is 1. The summed E-state index contributed by atoms with van der Waals surface area (Å²) < 4.78 is 13.0. The first-order chi connectivity index (χ1) is 18.5. The third kappa shape index (κ3) is 5.50. The summed E-state index contributed by atoms with van der Waals surface area (Å²) in [5.74, 6) is 0.790. The highest BCUT2D eigenvalue weighted by Crippen LogP contribution is 2.30. The number of aromatic nitrogens is 4. The molecule has 38 heavy (non-hydrogen) atoms. The molecule has 4 aromatic rings. The van der Waals surface area contributed by atoms with Crippen LogP contribution in [-0.2, 0) is 13.7 Å². The molecule has 0 bridgehead atoms. The fraction of sp³-hybridized carbons (Fsp3) is 0.296. The smallest absolute Gasteiger partial charge is 0.319 e. The molecule has 11 heteroatoms. The van der Waals surface area contributed by atoms with Crippen molar-refractivity contribution in [3.8, 4) is 17.8 Å². The van der Waals surface area contributed by atoms with E-state index in [0.717, 1.165) is 16.5 Å². The molecule has 1 fully saturated rings. The van der Waals surface area contributed by atoms with Crippen molar-refractivity contribution in [2.45, 2.75) is 19.1 Å². The number of carbonyl (C=O) groups is 1. The number of ether oxygens (including phenoxy) is 2. The van der Waals surface area contributed by atoms with Gasteiger partial charge >= 0.3 is 6.01 Å². The van der Waals surface area contributed by atoms with Crippen molar-refractivity contribution in [3.05, 3.63) is 66.1 Å². The van der Waals surface area contributed by atoms with Gasteiger partial charge in [-0.2, -0.15) is 20.3 Å². The van der Waals surface area contributed by atoms with Crippen molar-refractivity contribution in [3.63, 3.8) is 0 Å². The SMILES string of the molecule is COc1cc(NC(=O)c2cc(N3CCN[C@@H](CC#N)C3)nc(OCc3ccnn3C)n2)c2ccccc2c1. The van der Waals surface area contributed by atoms with Crippen LogP contribution >= 0.6 is 0 Å². The monoisotopic (exact) mass is 512 g/mol. The van der Waals surface area contributed by atoms with Crippen LogP contribution < -0.4 is 25.0 Å². The molecule has 2 aromatic heterocycles. The Kier molecular flexibility index (Phi) is 7.33. The number of hydrogen-bond donors (Lipinski definition) is 2. The first-order valence-electron chi connectivity index (χ1n) is 12.3. The van der Waals surface area contributed by atoms with Gasteiger partial charge in [0.25, 0.3) is 5.91 Å². The van der Waals surface area contributed by atoms with Crippen LogP contribution in [0.1, 0.15) is 22.6 Å². The Balaban J connectivity index is 1.46. The third-order valence-electron chi connectivity index (χ3n) is 6.43. The second-order valence-electron chi connectivity index (χ2n) is 8.94. The van der Waals surface area contributed by atoms with Gasteiger partial charge in [-0.1, -0.05) is 24.3 Å². The van der Waals surface area contributed by atoms with Crippen molar-refractivity contribution in [1.82, 2.24) is 25.1 Å². The summed E-state index contributed by atoms with van der Waals surface area (Å²) in [5, 5.41) is 21.5. The molecule has 0 spiro atoms. The Morgan fingerprint density at radius 1 is 1.24 bits per heavy atom. The van der Waals surface area contributed by atoms with Crippen LogP contribution in [0.5, 0.6) is 11.8 Å². The number of aryl methyl sites for hydroxylation is 1. The lowest BCUT2D eigenvalue weighted by Gasteiger charge is -2.33. The minimum Gasteiger partial charge on any atom is -0.497 e. The van der Waals surface area contributed by atoms with E-state index in [1.54, 1.807) is 30.1 Å². The van der Waals surface area contributed by atoms with Gasteiger partial charge in [-0.25, -0.2) is 0 Å². The zero-order valence-electron chi connectivity index (χ0n) is 21.2. The highest BCUT2D eigenvalue weighted by molar-refractivity contribution is 6.09. The van der Waals surface area contributed by atoms with Crippen molar-refractivity contribution in [1.29, 1.82) is 5.26 Å². The molecule has 0 saturated carbocycles. The van der Waals surface area contributed by atoms with E-state index in [4.69, 9.17) is 14.7 Å². The topological polar surface area (TPSA) is 130 Å². The van der Waals surface area contributed by atoms with Gasteiger partial charge < -0.3 is 25.0 Å². The summed E-state index contributed by atoms with van der Waals surface area (Å²) in [6.07, 6.45) is 2.06. The summed E-state index contributed by atoms with van der Waals surface area (Å²) in [4.78, 5) is 24.6. The Bertz CT molecular complexity index is 1500. The van der Waals surface area contributed by atoms with E-state index >= 15 is 0 Å². The van der Waals surface area contributed by atoms with Gasteiger partial charge in [-0.3, -0.25) is 9.48 Å². The highest BCUT2D eigenvalue weighted by Gasteiger charge is 2.23. The molecule has 1 atom stereocenters. The zero-order chi connectivity index (χ0) is 26.5. The highest BCUT2D eigenvalue weighted by atomic mass is 16.5. The summed E-state index contributed by atoms with van der Waals surface area (Å²) in [7, 11) is 3.41. The molecule has 3 heterocycles. The second kappa shape index (κ2) is 11.1. The molecule has 2 aromatic carbocycles. The molecular weight excluding hydrogens is 484 g/mol. The standard InChI is InChI=1S/C27H28N8O3/c1-34-20(8-10-30-34)17-38-27-32-24(15-25(33-27)35-12-11-29-19(16-35)7-9-28)26(36)31-23-14-21(37-2)13-18-5-3-4-6-22(18)23/h3-6,8,10,13-15,19,29H,7,11-12,16-17H2,1-2H3,(H,31,36)/t19-/m0/s1. The number of nitrogens with one attached hydrogen (secondary N) is 2. The van der Waals surface area contributed by atoms with Gasteiger partial charge in [0.2, 0.25) is 0 Å². The molecule has 0 aliphatic carbocycles. The lowest BCUT2D eigenvalue weighted by molar-refractivity contribution is 0.102. The number of benzene rings is 2. The van der Waals surface area contributed by atoms with E-state index in [0.29, 0.717) is 43.3 Å². The maximum absolute atomic E-state index is 13.5. The fourth-order valence-corrected chi connectivity index (χ4v) is 4.41. The van der Waals surface area contributed by atoms with E-state index in [-0.39, 0.29) is 24.4 Å². The number of rotatable bonds is 8. The number of piperazine rings is 1. The van der Waals surface area contributed by atoms with Crippen LogP contribution in [0.15, 0.2) is 54.7 Å². The van der Waals surface area contributed by atoms with Gasteiger partial charge in [0.1, 0.15) is 23.9 Å². The van der Waals surface area contributed by atoms with Gasteiger partial charge in [-0.05, 0) is 17.5 Å². The Hall–Kier alpha value is -4.69. The van der Waals surface area contributed by atoms with Crippen LogP contribution in [0.3, 0.4) is 0 Å². The molecule has 0 radical (unpaired) electrons. The number of carbonyl (C=O) groups excluding carboxylic acids is 1. The van der Waals surface area contributed by atoms with E-state index in [1.165, 1.54) is 0 Å². The Morgan fingerprint density at radius 3 is 2.89 bits per heavy atom. The molecule has 11 nitrogen and oxygen atoms in total. The number of amides is 1. The number of anilines is 2. The van der Waals surface area contributed by atoms with E-state index in [1.807, 2.05) is 48.3 Å². The molecule has 1 amide bonds. The molecule has 0 unspecified atom stereocenters. The van der Waals surface area contributed by atoms with Crippen LogP contribution in [0, 0.1) is 11.3 Å². The number of methoxy groups -OCH3 is 1. The van der Waals surface area contributed by atoms with Gasteiger partial charge in [0, 0.05) is 56.4 Å². The normalized spacial score (nSPS) is 15.2. The quantitative estimate of drug-likeness (QED) is 0.366. The summed E-state index contributed by atoms with van der Waals surface area (Å²) in [5.41, 5.74) is 1.61. The second-order valence-corrected chi connectivity index (χ2v) is 8.94. The first kappa shape index (κ1) is 25.0. The molecule has 1 saturated heterocycles. The average molecular weight is 513 g/mol. The van der Waals surface area contributed by atoms with Crippen molar-refractivity contribution >= 4 is 28.2 Å². The summed E-state index contributed by atoms with van der Waals surface area (Å²) in [6.45, 7) is 2.13. The van der Waals surface area contributed by atoms with Crippen LogP contribution in [0.2, 0.25) is 0 Å². The lowest BCUT2D eigenvalue weighted by Crippen LogP contribution is -2.50. The Labute approximate surface area is 220 Å². The molecule has 1 aliphatic rings. The van der Waals surface area contributed by atoms with Crippen LogP contribution in [0.4, 0.5) is 11.5 Å². The lowest BCUT2D eigenvalue weighted by atomic mass is 10.1. The largest absolute Gasteiger partial charge is 0.497 e. The van der Waals surface area contributed by atoms with Crippen molar-refractivity contribution in [2.24, 2.45) is 7.05 Å². The maximum atomic E-state index is 13.5. The first-order valence-corrected chi connectivity index (χ1v) is 12.3. The third-order valence-corrected chi connectivity index (χ3v) is 6.43. The van der Waals surface area contributed by atoms with Gasteiger partial charge in [-0.15, -0.1) is 0 Å². The molecular formula is C27H28N8O3. The minimum atomic E-state index is -0.402. The van der Waals surface area contributed by atoms with Crippen LogP contribution in [-0.4, -0.2) is 58.4 Å². The van der Waals surface area contributed by atoms with E-state index in [2.05, 4.69) is 31.8 Å². The minimum absolute atomic E-state index is 0.00273. The molecule has 2 N–H and O–H groups in total. The number of nitrogens with zero attached hydrogens (tertiary/aromatic N) is 6. The molecule has 194 valence electrons. The molecule has 5 rings (SSSR count). The maximum Gasteiger partial charge on any atom is 0.319 e. The predicted octanol–water partition coefficient (Wildman–Crippen LogP) is 2.90. The Morgan fingerprint density at radius 2 is 2.11 bits per heavy atom. The average Bonchev–Trinajstić information content (AvgIpc) is 3.36. The van der Waals surface area contributed by atoms with Crippen molar-refractivity contribution < 1.29 is 14.3 Å². The number of nitriles is 1. The van der Waals surface area contributed by atoms with Gasteiger partial charge in [0.15, 0.2) is 0 Å². The van der Waals surface area contributed by atoms with E-state index < -0.39 is 5.91 Å². The number of hydrogen-bond acceptors (Lipinski definition) is 9. The summed E-state index contributed by atoms with van der Waals surface area (Å²) >= 11 is 0. The van der Waals surface area contributed by atoms with E-state index in [9.17, 15) is 4.79 Å². The molecule has 1 aliphatic heterocycles. The predicted molar refractivity (Wildman–Crippen MR) is 142 cm³/mol. The fourth-order valence-electron chi connectivity index (χ4n) is 4.41. The van der Waals surface area contributed by atoms with Gasteiger partial charge in [0.05, 0.1) is 31.0 Å². The van der Waals surface area contributed by atoms with Crippen LogP contribution in [0.25, 0.3) is 10.8 Å². The van der Waals surface area contributed by atoms with Crippen molar-refractivity contribution in [2.75, 3.05) is 37.0 Å². The summed E-state index contributed by atoms with van der Waals surface area (Å²) in [6, 6.07) is 17.2.